The highest BCUT2D eigenvalue weighted by Gasteiger charge is 2.34. The van der Waals surface area contributed by atoms with Gasteiger partial charge in [-0.3, -0.25) is 0 Å². The lowest BCUT2D eigenvalue weighted by Gasteiger charge is -2.25. The molecular weight excluding hydrogens is 284 g/mol. The number of hydrogen-bond donors (Lipinski definition) is 1. The molecule has 0 spiro atoms. The normalized spacial score (nSPS) is 16.6. The number of aliphatic hydroxyl groups excluding tert-OH is 1. The van der Waals surface area contributed by atoms with Gasteiger partial charge in [0.25, 0.3) is 0 Å². The van der Waals surface area contributed by atoms with Gasteiger partial charge in [0.05, 0.1) is 8.07 Å². The number of fused-ring (bicyclic) bond motifs is 4. The molecule has 22 heavy (non-hydrogen) atoms. The summed E-state index contributed by atoms with van der Waals surface area (Å²) in [6.07, 6.45) is -0.488. The summed E-state index contributed by atoms with van der Waals surface area (Å²) in [4.78, 5) is 0. The molecule has 1 nitrogen and oxygen atoms in total. The first kappa shape index (κ1) is 13.7. The molecule has 0 aliphatic heterocycles. The van der Waals surface area contributed by atoms with E-state index in [1.54, 1.807) is 0 Å². The molecule has 110 valence electrons. The van der Waals surface area contributed by atoms with Crippen LogP contribution in [-0.2, 0) is 0 Å². The molecule has 0 bridgehead atoms. The van der Waals surface area contributed by atoms with E-state index in [0.717, 1.165) is 11.1 Å². The molecular formula is C20H20OSi. The zero-order valence-electron chi connectivity index (χ0n) is 13.2. The van der Waals surface area contributed by atoms with E-state index in [0.29, 0.717) is 0 Å². The van der Waals surface area contributed by atoms with Gasteiger partial charge < -0.3 is 5.11 Å². The Morgan fingerprint density at radius 1 is 0.864 bits per heavy atom. The molecule has 0 heterocycles. The van der Waals surface area contributed by atoms with Gasteiger partial charge in [-0.15, -0.1) is 0 Å². The van der Waals surface area contributed by atoms with E-state index in [-0.39, 0.29) is 0 Å². The molecule has 0 radical (unpaired) electrons. The van der Waals surface area contributed by atoms with Crippen LogP contribution >= 0.6 is 0 Å². The third-order valence-corrected chi connectivity index (χ3v) is 6.70. The monoisotopic (exact) mass is 304 g/mol. The molecule has 1 aliphatic rings. The van der Waals surface area contributed by atoms with Crippen molar-refractivity contribution in [2.75, 3.05) is 0 Å². The van der Waals surface area contributed by atoms with Crippen LogP contribution in [0, 0.1) is 0 Å². The van der Waals surface area contributed by atoms with E-state index in [1.807, 2.05) is 6.07 Å². The van der Waals surface area contributed by atoms with E-state index in [9.17, 15) is 5.11 Å². The van der Waals surface area contributed by atoms with Crippen molar-refractivity contribution in [1.82, 2.24) is 0 Å². The lowest BCUT2D eigenvalue weighted by atomic mass is 10.00. The third-order valence-electron chi connectivity index (χ3n) is 4.66. The van der Waals surface area contributed by atoms with Gasteiger partial charge in [0.2, 0.25) is 0 Å². The van der Waals surface area contributed by atoms with Gasteiger partial charge in [-0.05, 0) is 44.3 Å². The van der Waals surface area contributed by atoms with E-state index in [2.05, 4.69) is 68.2 Å². The molecule has 3 aromatic carbocycles. The minimum Gasteiger partial charge on any atom is -0.384 e. The third kappa shape index (κ3) is 1.81. The summed E-state index contributed by atoms with van der Waals surface area (Å²) in [5.74, 6) is 0. The highest BCUT2D eigenvalue weighted by Crippen LogP contribution is 2.44. The van der Waals surface area contributed by atoms with Gasteiger partial charge in [-0.25, -0.2) is 0 Å². The zero-order valence-corrected chi connectivity index (χ0v) is 14.2. The molecule has 1 aliphatic carbocycles. The fraction of sp³-hybridized carbons (Fsp3) is 0.200. The van der Waals surface area contributed by atoms with Crippen LogP contribution in [0.15, 0.2) is 54.6 Å². The zero-order chi connectivity index (χ0) is 15.5. The summed E-state index contributed by atoms with van der Waals surface area (Å²) in [5, 5.41) is 15.0. The van der Waals surface area contributed by atoms with E-state index in [1.165, 1.54) is 27.1 Å². The van der Waals surface area contributed by atoms with Crippen molar-refractivity contribution < 1.29 is 5.11 Å². The van der Waals surface area contributed by atoms with Crippen molar-refractivity contribution >= 4 is 24.0 Å². The smallest absolute Gasteiger partial charge is 0.105 e. The SMILES string of the molecule is C[Si](C)(C)c1c2c(cc3ccccc13)-c1ccccc1C2O. The van der Waals surface area contributed by atoms with Crippen molar-refractivity contribution in [3.05, 3.63) is 65.7 Å². The Bertz CT molecular complexity index is 890. The molecule has 3 aromatic rings. The topological polar surface area (TPSA) is 20.2 Å². The van der Waals surface area contributed by atoms with Gasteiger partial charge in [-0.1, -0.05) is 68.2 Å². The van der Waals surface area contributed by atoms with Crippen LogP contribution < -0.4 is 5.19 Å². The molecule has 2 heteroatoms. The van der Waals surface area contributed by atoms with Crippen LogP contribution in [-0.4, -0.2) is 13.2 Å². The summed E-state index contributed by atoms with van der Waals surface area (Å²) in [6, 6.07) is 19.1. The van der Waals surface area contributed by atoms with Crippen LogP contribution in [0.1, 0.15) is 17.2 Å². The van der Waals surface area contributed by atoms with Crippen LogP contribution in [0.3, 0.4) is 0 Å². The summed E-state index contributed by atoms with van der Waals surface area (Å²) in [5.41, 5.74) is 4.61. The second-order valence-electron chi connectivity index (χ2n) is 7.17. The summed E-state index contributed by atoms with van der Waals surface area (Å²) >= 11 is 0. The first-order valence-electron chi connectivity index (χ1n) is 7.82. The lowest BCUT2D eigenvalue weighted by molar-refractivity contribution is 0.226. The van der Waals surface area contributed by atoms with Crippen molar-refractivity contribution in [2.24, 2.45) is 0 Å². The quantitative estimate of drug-likeness (QED) is 0.659. The van der Waals surface area contributed by atoms with Crippen LogP contribution in [0.2, 0.25) is 19.6 Å². The maximum atomic E-state index is 11.0. The Morgan fingerprint density at radius 2 is 1.55 bits per heavy atom. The van der Waals surface area contributed by atoms with Gasteiger partial charge in [-0.2, -0.15) is 0 Å². The largest absolute Gasteiger partial charge is 0.384 e. The Balaban J connectivity index is 2.19. The number of benzene rings is 3. The van der Waals surface area contributed by atoms with Gasteiger partial charge in [0.15, 0.2) is 0 Å². The van der Waals surface area contributed by atoms with Gasteiger partial charge >= 0.3 is 0 Å². The fourth-order valence-corrected chi connectivity index (χ4v) is 5.93. The molecule has 0 fully saturated rings. The minimum atomic E-state index is -1.60. The Hall–Kier alpha value is -1.90. The Morgan fingerprint density at radius 3 is 2.32 bits per heavy atom. The van der Waals surface area contributed by atoms with E-state index in [4.69, 9.17) is 0 Å². The van der Waals surface area contributed by atoms with Gasteiger partial charge in [0.1, 0.15) is 6.10 Å². The van der Waals surface area contributed by atoms with Crippen LogP contribution in [0.25, 0.3) is 21.9 Å². The van der Waals surface area contributed by atoms with E-state index < -0.39 is 14.2 Å². The first-order valence-corrected chi connectivity index (χ1v) is 11.3. The van der Waals surface area contributed by atoms with Gasteiger partial charge in [0, 0.05) is 0 Å². The van der Waals surface area contributed by atoms with Crippen LogP contribution in [0.4, 0.5) is 0 Å². The molecule has 1 N–H and O–H groups in total. The van der Waals surface area contributed by atoms with Crippen molar-refractivity contribution in [2.45, 2.75) is 25.7 Å². The average molecular weight is 304 g/mol. The summed E-state index contributed by atoms with van der Waals surface area (Å²) in [7, 11) is -1.60. The average Bonchev–Trinajstić information content (AvgIpc) is 2.77. The highest BCUT2D eigenvalue weighted by atomic mass is 28.3. The van der Waals surface area contributed by atoms with Crippen molar-refractivity contribution in [3.63, 3.8) is 0 Å². The van der Waals surface area contributed by atoms with E-state index >= 15 is 0 Å². The highest BCUT2D eigenvalue weighted by molar-refractivity contribution is 6.91. The van der Waals surface area contributed by atoms with Crippen molar-refractivity contribution in [3.8, 4) is 11.1 Å². The second-order valence-corrected chi connectivity index (χ2v) is 12.2. The molecule has 0 amide bonds. The molecule has 4 rings (SSSR count). The standard InChI is InChI=1S/C20H20OSi/c1-22(2,3)20-14-9-5-4-8-13(14)12-17-15-10-6-7-11-16(15)19(21)18(17)20/h4-12,19,21H,1-3H3. The number of rotatable bonds is 1. The molecule has 0 saturated heterocycles. The molecule has 1 unspecified atom stereocenters. The molecule has 1 atom stereocenters. The minimum absolute atomic E-state index is 0.488. The lowest BCUT2D eigenvalue weighted by Crippen LogP contribution is -2.41. The second kappa shape index (κ2) is 4.54. The fourth-order valence-electron chi connectivity index (χ4n) is 3.81. The molecule has 0 saturated carbocycles. The Kier molecular flexibility index (Phi) is 2.84. The Labute approximate surface area is 132 Å². The number of hydrogen-bond acceptors (Lipinski definition) is 1. The van der Waals surface area contributed by atoms with Crippen LogP contribution in [0.5, 0.6) is 0 Å². The predicted molar refractivity (Wildman–Crippen MR) is 96.4 cm³/mol. The maximum absolute atomic E-state index is 11.0. The van der Waals surface area contributed by atoms with Crippen molar-refractivity contribution in [1.29, 1.82) is 0 Å². The molecule has 0 aromatic heterocycles. The number of aliphatic hydroxyl groups is 1. The predicted octanol–water partition coefficient (Wildman–Crippen LogP) is 4.45. The first-order chi connectivity index (χ1) is 10.5. The summed E-state index contributed by atoms with van der Waals surface area (Å²) in [6.45, 7) is 7.10. The maximum Gasteiger partial charge on any atom is 0.105 e. The summed E-state index contributed by atoms with van der Waals surface area (Å²) < 4.78 is 0.